The maximum absolute atomic E-state index is 11.7. The first kappa shape index (κ1) is 15.5. The van der Waals surface area contributed by atoms with E-state index in [1.165, 1.54) is 0 Å². The summed E-state index contributed by atoms with van der Waals surface area (Å²) in [6, 6.07) is 7.99. The van der Waals surface area contributed by atoms with Crippen LogP contribution in [0.25, 0.3) is 11.4 Å². The second kappa shape index (κ2) is 6.81. The molecule has 6 heteroatoms. The Morgan fingerprint density at radius 1 is 1.30 bits per heavy atom. The van der Waals surface area contributed by atoms with Crippen LogP contribution >= 0.6 is 0 Å². The van der Waals surface area contributed by atoms with Gasteiger partial charge in [-0.1, -0.05) is 11.6 Å². The number of benzene rings is 1. The molecule has 0 spiro atoms. The molecule has 1 aromatic heterocycles. The highest BCUT2D eigenvalue weighted by atomic mass is 16.5. The van der Waals surface area contributed by atoms with Crippen LogP contribution in [0.3, 0.4) is 0 Å². The Kier molecular flexibility index (Phi) is 4.60. The van der Waals surface area contributed by atoms with E-state index in [0.29, 0.717) is 24.7 Å². The van der Waals surface area contributed by atoms with Crippen LogP contribution in [-0.2, 0) is 11.2 Å². The SMILES string of the molecule is CN(C)c1ccc(-c2noc(CCNC(=O)C3CCC3)n2)cc1. The van der Waals surface area contributed by atoms with Gasteiger partial charge in [0.1, 0.15) is 0 Å². The zero-order valence-corrected chi connectivity index (χ0v) is 13.6. The first-order valence-corrected chi connectivity index (χ1v) is 8.01. The Bertz CT molecular complexity index is 659. The second-order valence-corrected chi connectivity index (χ2v) is 6.12. The smallest absolute Gasteiger partial charge is 0.228 e. The normalized spacial score (nSPS) is 14.3. The number of carbonyl (C=O) groups excluding carboxylic acids is 1. The van der Waals surface area contributed by atoms with Crippen LogP contribution in [0.2, 0.25) is 0 Å². The lowest BCUT2D eigenvalue weighted by Gasteiger charge is -2.23. The molecule has 1 N–H and O–H groups in total. The highest BCUT2D eigenvalue weighted by Gasteiger charge is 2.24. The highest BCUT2D eigenvalue weighted by Crippen LogP contribution is 2.26. The van der Waals surface area contributed by atoms with Crippen molar-refractivity contribution >= 4 is 11.6 Å². The minimum absolute atomic E-state index is 0.148. The van der Waals surface area contributed by atoms with Crippen LogP contribution < -0.4 is 10.2 Å². The predicted molar refractivity (Wildman–Crippen MR) is 88.1 cm³/mol. The van der Waals surface area contributed by atoms with Gasteiger partial charge in [-0.15, -0.1) is 0 Å². The zero-order chi connectivity index (χ0) is 16.2. The highest BCUT2D eigenvalue weighted by molar-refractivity contribution is 5.79. The topological polar surface area (TPSA) is 71.3 Å². The molecule has 1 heterocycles. The van der Waals surface area contributed by atoms with Crippen molar-refractivity contribution in [2.75, 3.05) is 25.5 Å². The number of carbonyl (C=O) groups is 1. The van der Waals surface area contributed by atoms with Gasteiger partial charge >= 0.3 is 0 Å². The molecule has 23 heavy (non-hydrogen) atoms. The van der Waals surface area contributed by atoms with Crippen LogP contribution in [0.5, 0.6) is 0 Å². The first-order valence-electron chi connectivity index (χ1n) is 8.01. The van der Waals surface area contributed by atoms with Gasteiger partial charge in [0.2, 0.25) is 17.6 Å². The largest absolute Gasteiger partial charge is 0.378 e. The van der Waals surface area contributed by atoms with E-state index in [0.717, 1.165) is 30.5 Å². The maximum Gasteiger partial charge on any atom is 0.228 e. The van der Waals surface area contributed by atoms with Gasteiger partial charge in [-0.3, -0.25) is 4.79 Å². The third-order valence-corrected chi connectivity index (χ3v) is 4.22. The molecule has 0 unspecified atom stereocenters. The molecule has 0 aliphatic heterocycles. The number of aromatic nitrogens is 2. The molecule has 0 atom stereocenters. The van der Waals surface area contributed by atoms with E-state index in [-0.39, 0.29) is 11.8 Å². The molecule has 1 saturated carbocycles. The summed E-state index contributed by atoms with van der Waals surface area (Å²) in [6.07, 6.45) is 3.75. The van der Waals surface area contributed by atoms with Crippen molar-refractivity contribution in [2.45, 2.75) is 25.7 Å². The van der Waals surface area contributed by atoms with E-state index in [1.54, 1.807) is 0 Å². The van der Waals surface area contributed by atoms with E-state index < -0.39 is 0 Å². The Hall–Kier alpha value is -2.37. The van der Waals surface area contributed by atoms with Crippen molar-refractivity contribution in [3.05, 3.63) is 30.2 Å². The average Bonchev–Trinajstić information content (AvgIpc) is 2.94. The Morgan fingerprint density at radius 3 is 2.65 bits per heavy atom. The number of hydrogen-bond acceptors (Lipinski definition) is 5. The van der Waals surface area contributed by atoms with Crippen molar-refractivity contribution < 1.29 is 9.32 Å². The lowest BCUT2D eigenvalue weighted by molar-refractivity contribution is -0.127. The summed E-state index contributed by atoms with van der Waals surface area (Å²) in [5, 5.41) is 6.94. The molecule has 1 aliphatic carbocycles. The average molecular weight is 314 g/mol. The van der Waals surface area contributed by atoms with Crippen molar-refractivity contribution in [3.63, 3.8) is 0 Å². The molecule has 1 aliphatic rings. The summed E-state index contributed by atoms with van der Waals surface area (Å²) >= 11 is 0. The van der Waals surface area contributed by atoms with Gasteiger partial charge in [-0.05, 0) is 37.1 Å². The van der Waals surface area contributed by atoms with Crippen molar-refractivity contribution in [3.8, 4) is 11.4 Å². The Morgan fingerprint density at radius 2 is 2.04 bits per heavy atom. The van der Waals surface area contributed by atoms with Crippen LogP contribution in [0.15, 0.2) is 28.8 Å². The molecule has 1 amide bonds. The molecule has 0 radical (unpaired) electrons. The molecule has 0 bridgehead atoms. The summed E-state index contributed by atoms with van der Waals surface area (Å²) in [5.74, 6) is 1.49. The molecule has 122 valence electrons. The standard InChI is InChI=1S/C17H22N4O2/c1-21(2)14-8-6-12(7-9-14)16-19-15(23-20-16)10-11-18-17(22)13-4-3-5-13/h6-9,13H,3-5,10-11H2,1-2H3,(H,18,22). The van der Waals surface area contributed by atoms with Crippen LogP contribution in [0, 0.1) is 5.92 Å². The molecule has 1 fully saturated rings. The lowest BCUT2D eigenvalue weighted by Crippen LogP contribution is -2.35. The summed E-state index contributed by atoms with van der Waals surface area (Å²) in [6.45, 7) is 0.538. The molecule has 0 saturated heterocycles. The summed E-state index contributed by atoms with van der Waals surface area (Å²) < 4.78 is 5.26. The third-order valence-electron chi connectivity index (χ3n) is 4.22. The van der Waals surface area contributed by atoms with Gasteiger partial charge in [0, 0.05) is 44.2 Å². The lowest BCUT2D eigenvalue weighted by atomic mass is 9.85. The monoisotopic (exact) mass is 314 g/mol. The van der Waals surface area contributed by atoms with Gasteiger partial charge < -0.3 is 14.7 Å². The predicted octanol–water partition coefficient (Wildman–Crippen LogP) is 2.26. The fourth-order valence-corrected chi connectivity index (χ4v) is 2.49. The summed E-state index contributed by atoms with van der Waals surface area (Å²) in [5.41, 5.74) is 2.04. The van der Waals surface area contributed by atoms with E-state index in [1.807, 2.05) is 43.3 Å². The quantitative estimate of drug-likeness (QED) is 0.885. The van der Waals surface area contributed by atoms with Crippen molar-refractivity contribution in [1.29, 1.82) is 0 Å². The molecule has 1 aromatic carbocycles. The molecule has 2 aromatic rings. The van der Waals surface area contributed by atoms with E-state index in [4.69, 9.17) is 4.52 Å². The number of hydrogen-bond donors (Lipinski definition) is 1. The van der Waals surface area contributed by atoms with Gasteiger partial charge in [-0.25, -0.2) is 0 Å². The zero-order valence-electron chi connectivity index (χ0n) is 13.6. The molecular weight excluding hydrogens is 292 g/mol. The van der Waals surface area contributed by atoms with Crippen LogP contribution in [0.4, 0.5) is 5.69 Å². The molecule has 3 rings (SSSR count). The van der Waals surface area contributed by atoms with Crippen LogP contribution in [-0.4, -0.2) is 36.7 Å². The Labute approximate surface area is 135 Å². The number of nitrogens with one attached hydrogen (secondary N) is 1. The fraction of sp³-hybridized carbons (Fsp3) is 0.471. The second-order valence-electron chi connectivity index (χ2n) is 6.12. The fourth-order valence-electron chi connectivity index (χ4n) is 2.49. The minimum Gasteiger partial charge on any atom is -0.378 e. The number of nitrogens with zero attached hydrogens (tertiary/aromatic N) is 3. The molecular formula is C17H22N4O2. The maximum atomic E-state index is 11.7. The number of anilines is 1. The summed E-state index contributed by atoms with van der Waals surface area (Å²) in [7, 11) is 4.00. The van der Waals surface area contributed by atoms with E-state index >= 15 is 0 Å². The van der Waals surface area contributed by atoms with E-state index in [2.05, 4.69) is 15.5 Å². The van der Waals surface area contributed by atoms with Crippen molar-refractivity contribution in [2.24, 2.45) is 5.92 Å². The van der Waals surface area contributed by atoms with Gasteiger partial charge in [0.25, 0.3) is 0 Å². The minimum atomic E-state index is 0.148. The first-order chi connectivity index (χ1) is 11.1. The Balaban J connectivity index is 1.54. The third kappa shape index (κ3) is 3.70. The van der Waals surface area contributed by atoms with Gasteiger partial charge in [0.05, 0.1) is 0 Å². The molecule has 6 nitrogen and oxygen atoms in total. The van der Waals surface area contributed by atoms with Crippen molar-refractivity contribution in [1.82, 2.24) is 15.5 Å². The van der Waals surface area contributed by atoms with Gasteiger partial charge in [0.15, 0.2) is 0 Å². The number of amides is 1. The van der Waals surface area contributed by atoms with E-state index in [9.17, 15) is 4.79 Å². The summed E-state index contributed by atoms with van der Waals surface area (Å²) in [4.78, 5) is 18.2. The van der Waals surface area contributed by atoms with Gasteiger partial charge in [-0.2, -0.15) is 4.98 Å². The number of rotatable bonds is 6. The van der Waals surface area contributed by atoms with Crippen LogP contribution in [0.1, 0.15) is 25.2 Å².